The first-order valence-electron chi connectivity index (χ1n) is 6.60. The van der Waals surface area contributed by atoms with Crippen LogP contribution in [-0.4, -0.2) is 48.1 Å². The van der Waals surface area contributed by atoms with Crippen LogP contribution in [0.3, 0.4) is 0 Å². The molecule has 0 spiro atoms. The smallest absolute Gasteiger partial charge is 0.0252 e. The molecule has 0 aromatic rings. The molecule has 2 fully saturated rings. The van der Waals surface area contributed by atoms with Gasteiger partial charge in [-0.25, -0.2) is 0 Å². The normalized spacial score (nSPS) is 30.6. The van der Waals surface area contributed by atoms with Crippen molar-refractivity contribution < 1.29 is 0 Å². The summed E-state index contributed by atoms with van der Waals surface area (Å²) < 4.78 is 0. The van der Waals surface area contributed by atoms with Gasteiger partial charge in [-0.15, -0.1) is 0 Å². The zero-order valence-electron chi connectivity index (χ0n) is 11.0. The monoisotopic (exact) mass is 242 g/mol. The zero-order chi connectivity index (χ0) is 11.6. The van der Waals surface area contributed by atoms with E-state index in [4.69, 9.17) is 0 Å². The molecule has 94 valence electrons. The topological polar surface area (TPSA) is 15.3 Å². The van der Waals surface area contributed by atoms with E-state index in [2.05, 4.69) is 30.3 Å². The van der Waals surface area contributed by atoms with Crippen molar-refractivity contribution in [1.29, 1.82) is 0 Å². The molecule has 1 atom stereocenters. The molecular formula is C13H26N2S. The Hall–Kier alpha value is 0.270. The number of nitrogens with zero attached hydrogens (tertiary/aromatic N) is 1. The maximum Gasteiger partial charge on any atom is 0.0252 e. The van der Waals surface area contributed by atoms with Crippen LogP contribution in [0.2, 0.25) is 0 Å². The van der Waals surface area contributed by atoms with Crippen molar-refractivity contribution in [3.05, 3.63) is 0 Å². The van der Waals surface area contributed by atoms with E-state index in [1.54, 1.807) is 0 Å². The van der Waals surface area contributed by atoms with Gasteiger partial charge >= 0.3 is 0 Å². The molecule has 1 unspecified atom stereocenters. The highest BCUT2D eigenvalue weighted by Gasteiger charge is 2.40. The van der Waals surface area contributed by atoms with E-state index in [0.717, 1.165) is 12.0 Å². The summed E-state index contributed by atoms with van der Waals surface area (Å²) in [5.74, 6) is 2.31. The average molecular weight is 242 g/mol. The van der Waals surface area contributed by atoms with Crippen molar-refractivity contribution in [3.8, 4) is 0 Å². The third-order valence-electron chi connectivity index (χ3n) is 3.82. The molecule has 1 aliphatic heterocycles. The molecule has 2 nitrogen and oxygen atoms in total. The maximum absolute atomic E-state index is 3.70. The molecule has 1 heterocycles. The number of nitrogens with one attached hydrogen (secondary N) is 1. The quantitative estimate of drug-likeness (QED) is 0.744. The van der Waals surface area contributed by atoms with Gasteiger partial charge in [-0.1, -0.05) is 0 Å². The van der Waals surface area contributed by atoms with E-state index in [1.807, 2.05) is 11.8 Å². The van der Waals surface area contributed by atoms with Gasteiger partial charge in [-0.2, -0.15) is 11.8 Å². The molecule has 1 aliphatic carbocycles. The molecule has 2 aliphatic rings. The predicted molar refractivity (Wildman–Crippen MR) is 73.2 cm³/mol. The molecule has 16 heavy (non-hydrogen) atoms. The molecule has 2 rings (SSSR count). The van der Waals surface area contributed by atoms with Crippen LogP contribution in [0.15, 0.2) is 0 Å². The van der Waals surface area contributed by atoms with E-state index in [-0.39, 0.29) is 0 Å². The van der Waals surface area contributed by atoms with Crippen molar-refractivity contribution >= 4 is 11.8 Å². The Morgan fingerprint density at radius 2 is 2.12 bits per heavy atom. The summed E-state index contributed by atoms with van der Waals surface area (Å²) in [6.45, 7) is 8.39. The summed E-state index contributed by atoms with van der Waals surface area (Å²) in [6, 6.07) is 0.829. The van der Waals surface area contributed by atoms with Crippen LogP contribution in [0.25, 0.3) is 0 Å². The van der Waals surface area contributed by atoms with Crippen LogP contribution in [0.4, 0.5) is 0 Å². The van der Waals surface area contributed by atoms with Crippen molar-refractivity contribution in [1.82, 2.24) is 10.2 Å². The molecule has 3 heteroatoms. The van der Waals surface area contributed by atoms with Crippen LogP contribution < -0.4 is 5.32 Å². The van der Waals surface area contributed by atoms with Crippen LogP contribution in [0.5, 0.6) is 0 Å². The highest BCUT2D eigenvalue weighted by molar-refractivity contribution is 7.98. The van der Waals surface area contributed by atoms with Crippen molar-refractivity contribution in [3.63, 3.8) is 0 Å². The van der Waals surface area contributed by atoms with Crippen LogP contribution in [0, 0.1) is 5.92 Å². The highest BCUT2D eigenvalue weighted by atomic mass is 32.2. The standard InChI is InChI=1S/C13H26N2S/c1-13(2)10-15(7-4-8-16-3)12(9-14-13)11-5-6-11/h11-12,14H,4-10H2,1-3H3. The summed E-state index contributed by atoms with van der Waals surface area (Å²) in [7, 11) is 0. The first-order valence-corrected chi connectivity index (χ1v) is 8.00. The minimum absolute atomic E-state index is 0.310. The SMILES string of the molecule is CSCCCN1CC(C)(C)NCC1C1CC1. The largest absolute Gasteiger partial charge is 0.309 e. The van der Waals surface area contributed by atoms with Crippen LogP contribution in [-0.2, 0) is 0 Å². The molecular weight excluding hydrogens is 216 g/mol. The fourth-order valence-corrected chi connectivity index (χ4v) is 3.21. The molecule has 1 saturated carbocycles. The number of piperazine rings is 1. The van der Waals surface area contributed by atoms with Gasteiger partial charge in [0.2, 0.25) is 0 Å². The minimum atomic E-state index is 0.310. The van der Waals surface area contributed by atoms with Gasteiger partial charge < -0.3 is 5.32 Å². The van der Waals surface area contributed by atoms with E-state index in [1.165, 1.54) is 44.6 Å². The lowest BCUT2D eigenvalue weighted by atomic mass is 9.96. The second kappa shape index (κ2) is 5.28. The van der Waals surface area contributed by atoms with Crippen LogP contribution >= 0.6 is 11.8 Å². The lowest BCUT2D eigenvalue weighted by Crippen LogP contribution is -2.62. The number of rotatable bonds is 5. The van der Waals surface area contributed by atoms with Gasteiger partial charge in [0.15, 0.2) is 0 Å². The fraction of sp³-hybridized carbons (Fsp3) is 1.00. The molecule has 1 saturated heterocycles. The summed E-state index contributed by atoms with van der Waals surface area (Å²) >= 11 is 1.97. The lowest BCUT2D eigenvalue weighted by molar-refractivity contribution is 0.0833. The second-order valence-corrected chi connectivity index (χ2v) is 6.97. The molecule has 0 aromatic carbocycles. The molecule has 0 radical (unpaired) electrons. The first kappa shape index (κ1) is 12.7. The highest BCUT2D eigenvalue weighted by Crippen LogP contribution is 2.37. The molecule has 1 N–H and O–H groups in total. The van der Waals surface area contributed by atoms with Crippen molar-refractivity contribution in [2.24, 2.45) is 5.92 Å². The second-order valence-electron chi connectivity index (χ2n) is 5.99. The summed E-state index contributed by atoms with van der Waals surface area (Å²) in [5, 5.41) is 3.70. The Morgan fingerprint density at radius 1 is 1.38 bits per heavy atom. The molecule has 0 amide bonds. The van der Waals surface area contributed by atoms with E-state index in [9.17, 15) is 0 Å². The Kier molecular flexibility index (Phi) is 4.20. The third-order valence-corrected chi connectivity index (χ3v) is 4.51. The zero-order valence-corrected chi connectivity index (χ0v) is 11.8. The Morgan fingerprint density at radius 3 is 2.75 bits per heavy atom. The fourth-order valence-electron chi connectivity index (χ4n) is 2.79. The Bertz CT molecular complexity index is 226. The van der Waals surface area contributed by atoms with Crippen LogP contribution in [0.1, 0.15) is 33.1 Å². The summed E-state index contributed by atoms with van der Waals surface area (Å²) in [5.41, 5.74) is 0.310. The van der Waals surface area contributed by atoms with Crippen molar-refractivity contribution in [2.45, 2.75) is 44.7 Å². The first-order chi connectivity index (χ1) is 7.62. The van der Waals surface area contributed by atoms with E-state index in [0.29, 0.717) is 5.54 Å². The maximum atomic E-state index is 3.70. The summed E-state index contributed by atoms with van der Waals surface area (Å²) in [4.78, 5) is 2.75. The van der Waals surface area contributed by atoms with E-state index < -0.39 is 0 Å². The van der Waals surface area contributed by atoms with Gasteiger partial charge in [0.1, 0.15) is 0 Å². The van der Waals surface area contributed by atoms with Gasteiger partial charge in [0, 0.05) is 24.7 Å². The van der Waals surface area contributed by atoms with Gasteiger partial charge in [-0.05, 0) is 57.6 Å². The van der Waals surface area contributed by atoms with E-state index >= 15 is 0 Å². The predicted octanol–water partition coefficient (Wildman–Crippen LogP) is 2.20. The Balaban J connectivity index is 1.86. The summed E-state index contributed by atoms with van der Waals surface area (Å²) in [6.07, 6.45) is 6.48. The number of thioether (sulfide) groups is 1. The minimum Gasteiger partial charge on any atom is -0.309 e. The average Bonchev–Trinajstić information content (AvgIpc) is 3.01. The third kappa shape index (κ3) is 3.38. The number of hydrogen-bond acceptors (Lipinski definition) is 3. The van der Waals surface area contributed by atoms with Gasteiger partial charge in [0.05, 0.1) is 0 Å². The number of hydrogen-bond donors (Lipinski definition) is 1. The molecule has 0 aromatic heterocycles. The van der Waals surface area contributed by atoms with Crippen molar-refractivity contribution in [2.75, 3.05) is 31.6 Å². The Labute approximate surface area is 105 Å². The molecule has 0 bridgehead atoms. The lowest BCUT2D eigenvalue weighted by Gasteiger charge is -2.45. The van der Waals surface area contributed by atoms with Gasteiger partial charge in [0.25, 0.3) is 0 Å². The van der Waals surface area contributed by atoms with Gasteiger partial charge in [-0.3, -0.25) is 4.90 Å².